The molecule has 2 aromatic rings. The first-order valence-electron chi connectivity index (χ1n) is 9.38. The van der Waals surface area contributed by atoms with Gasteiger partial charge in [0.25, 0.3) is 10.2 Å². The summed E-state index contributed by atoms with van der Waals surface area (Å²) in [6, 6.07) is 5.70. The lowest BCUT2D eigenvalue weighted by molar-refractivity contribution is 0.0700. The predicted octanol–water partition coefficient (Wildman–Crippen LogP) is 0.546. The Morgan fingerprint density at radius 2 is 1.57 bits per heavy atom. The van der Waals surface area contributed by atoms with Gasteiger partial charge >= 0.3 is 0 Å². The van der Waals surface area contributed by atoms with Crippen molar-refractivity contribution in [2.45, 2.75) is 6.92 Å². The van der Waals surface area contributed by atoms with Gasteiger partial charge in [-0.2, -0.15) is 17.0 Å². The van der Waals surface area contributed by atoms with E-state index < -0.39 is 10.2 Å². The van der Waals surface area contributed by atoms with Gasteiger partial charge in [0, 0.05) is 69.0 Å². The van der Waals surface area contributed by atoms with Crippen LogP contribution in [0.1, 0.15) is 5.69 Å². The van der Waals surface area contributed by atoms with E-state index in [1.807, 2.05) is 25.1 Å². The largest absolute Gasteiger partial charge is 0.379 e. The molecule has 28 heavy (non-hydrogen) atoms. The van der Waals surface area contributed by atoms with Crippen LogP contribution in [0.4, 0.5) is 5.82 Å². The zero-order chi connectivity index (χ0) is 19.6. The number of piperazine rings is 1. The van der Waals surface area contributed by atoms with Gasteiger partial charge in [-0.05, 0) is 19.1 Å². The summed E-state index contributed by atoms with van der Waals surface area (Å²) in [5, 5.41) is 0. The van der Waals surface area contributed by atoms with Crippen LogP contribution >= 0.6 is 0 Å². The highest BCUT2D eigenvalue weighted by Gasteiger charge is 2.33. The van der Waals surface area contributed by atoms with Gasteiger partial charge in [0.05, 0.1) is 13.2 Å². The van der Waals surface area contributed by atoms with Crippen LogP contribution in [-0.4, -0.2) is 84.5 Å². The van der Waals surface area contributed by atoms with Crippen LogP contribution in [0, 0.1) is 6.92 Å². The van der Waals surface area contributed by atoms with Crippen molar-refractivity contribution in [1.82, 2.24) is 23.6 Å². The quantitative estimate of drug-likeness (QED) is 0.735. The SMILES string of the molecule is Cc1cc(N2CCN(S(=O)(=O)N3CCOCC3)CC2)nc(-c2ccncc2)n1. The van der Waals surface area contributed by atoms with Gasteiger partial charge in [0.1, 0.15) is 5.82 Å². The number of pyridine rings is 1. The molecular weight excluding hydrogens is 380 g/mol. The molecule has 9 nitrogen and oxygen atoms in total. The van der Waals surface area contributed by atoms with Crippen LogP contribution in [0.15, 0.2) is 30.6 Å². The molecule has 2 aliphatic rings. The lowest BCUT2D eigenvalue weighted by atomic mass is 10.2. The van der Waals surface area contributed by atoms with Gasteiger partial charge in [-0.1, -0.05) is 0 Å². The number of aryl methyl sites for hydroxylation is 1. The molecule has 0 aliphatic carbocycles. The summed E-state index contributed by atoms with van der Waals surface area (Å²) in [5.74, 6) is 1.48. The third-order valence-electron chi connectivity index (χ3n) is 4.96. The lowest BCUT2D eigenvalue weighted by Gasteiger charge is -2.38. The highest BCUT2D eigenvalue weighted by Crippen LogP contribution is 2.22. The summed E-state index contributed by atoms with van der Waals surface area (Å²) < 4.78 is 34.0. The summed E-state index contributed by atoms with van der Waals surface area (Å²) in [5.41, 5.74) is 1.79. The van der Waals surface area contributed by atoms with E-state index in [1.54, 1.807) is 16.7 Å². The van der Waals surface area contributed by atoms with Crippen molar-refractivity contribution in [3.8, 4) is 11.4 Å². The summed E-state index contributed by atoms with van der Waals surface area (Å²) in [7, 11) is -3.43. The second-order valence-corrected chi connectivity index (χ2v) is 8.76. The van der Waals surface area contributed by atoms with Gasteiger partial charge in [-0.25, -0.2) is 9.97 Å². The minimum atomic E-state index is -3.43. The molecule has 4 heterocycles. The molecule has 0 unspecified atom stereocenters. The van der Waals surface area contributed by atoms with Crippen molar-refractivity contribution < 1.29 is 13.2 Å². The highest BCUT2D eigenvalue weighted by atomic mass is 32.2. The molecule has 0 N–H and O–H groups in total. The fourth-order valence-electron chi connectivity index (χ4n) is 3.43. The Balaban J connectivity index is 1.47. The summed E-state index contributed by atoms with van der Waals surface area (Å²) in [6.07, 6.45) is 3.44. The third kappa shape index (κ3) is 4.00. The number of nitrogens with zero attached hydrogens (tertiary/aromatic N) is 6. The predicted molar refractivity (Wildman–Crippen MR) is 105 cm³/mol. The molecule has 2 saturated heterocycles. The van der Waals surface area contributed by atoms with Gasteiger partial charge in [0.15, 0.2) is 5.82 Å². The van der Waals surface area contributed by atoms with Crippen LogP contribution in [0.2, 0.25) is 0 Å². The Morgan fingerprint density at radius 1 is 0.929 bits per heavy atom. The highest BCUT2D eigenvalue weighted by molar-refractivity contribution is 7.86. The Kier molecular flexibility index (Phi) is 5.54. The summed E-state index contributed by atoms with van der Waals surface area (Å²) in [6.45, 7) is 5.75. The Hall–Kier alpha value is -2.14. The van der Waals surface area contributed by atoms with Crippen molar-refractivity contribution in [3.63, 3.8) is 0 Å². The van der Waals surface area contributed by atoms with E-state index in [-0.39, 0.29) is 0 Å². The Labute approximate surface area is 165 Å². The summed E-state index contributed by atoms with van der Waals surface area (Å²) in [4.78, 5) is 15.4. The first-order valence-corrected chi connectivity index (χ1v) is 10.8. The average Bonchev–Trinajstić information content (AvgIpc) is 2.75. The van der Waals surface area contributed by atoms with Crippen molar-refractivity contribution in [2.24, 2.45) is 0 Å². The van der Waals surface area contributed by atoms with E-state index >= 15 is 0 Å². The molecule has 150 valence electrons. The van der Waals surface area contributed by atoms with E-state index in [4.69, 9.17) is 9.72 Å². The second kappa shape index (κ2) is 8.08. The molecular formula is C18H24N6O3S. The molecule has 0 atom stereocenters. The zero-order valence-electron chi connectivity index (χ0n) is 15.9. The van der Waals surface area contributed by atoms with Crippen LogP contribution in [-0.2, 0) is 14.9 Å². The van der Waals surface area contributed by atoms with Crippen LogP contribution in [0.5, 0.6) is 0 Å². The third-order valence-corrected chi connectivity index (χ3v) is 7.00. The maximum absolute atomic E-state index is 12.8. The molecule has 0 radical (unpaired) electrons. The molecule has 2 fully saturated rings. The normalized spacial score (nSPS) is 19.7. The first-order chi connectivity index (χ1) is 13.5. The van der Waals surface area contributed by atoms with Gasteiger partial charge in [-0.15, -0.1) is 0 Å². The van der Waals surface area contributed by atoms with Gasteiger partial charge in [0.2, 0.25) is 0 Å². The maximum atomic E-state index is 12.8. The molecule has 0 amide bonds. The zero-order valence-corrected chi connectivity index (χ0v) is 16.7. The van der Waals surface area contributed by atoms with Crippen LogP contribution in [0.25, 0.3) is 11.4 Å². The molecule has 2 aliphatic heterocycles. The number of anilines is 1. The Bertz CT molecular complexity index is 910. The van der Waals surface area contributed by atoms with Crippen molar-refractivity contribution >= 4 is 16.0 Å². The minimum absolute atomic E-state index is 0.420. The maximum Gasteiger partial charge on any atom is 0.282 e. The molecule has 0 aromatic carbocycles. The number of hydrogen-bond acceptors (Lipinski definition) is 7. The van der Waals surface area contributed by atoms with E-state index in [2.05, 4.69) is 14.9 Å². The Morgan fingerprint density at radius 3 is 2.25 bits per heavy atom. The monoisotopic (exact) mass is 404 g/mol. The van der Waals surface area contributed by atoms with Crippen LogP contribution < -0.4 is 4.90 Å². The lowest BCUT2D eigenvalue weighted by Crippen LogP contribution is -2.55. The fourth-order valence-corrected chi connectivity index (χ4v) is 4.99. The molecule has 2 aromatic heterocycles. The molecule has 0 bridgehead atoms. The number of ether oxygens (including phenoxy) is 1. The molecule has 10 heteroatoms. The number of morpholine rings is 1. The van der Waals surface area contributed by atoms with Crippen LogP contribution in [0.3, 0.4) is 0 Å². The van der Waals surface area contributed by atoms with E-state index in [9.17, 15) is 8.42 Å². The summed E-state index contributed by atoms with van der Waals surface area (Å²) >= 11 is 0. The number of hydrogen-bond donors (Lipinski definition) is 0. The topological polar surface area (TPSA) is 91.8 Å². The number of rotatable bonds is 4. The molecule has 0 spiro atoms. The minimum Gasteiger partial charge on any atom is -0.379 e. The first kappa shape index (κ1) is 19.2. The van der Waals surface area contributed by atoms with Crippen molar-refractivity contribution in [3.05, 3.63) is 36.3 Å². The van der Waals surface area contributed by atoms with E-state index in [0.29, 0.717) is 58.3 Å². The van der Waals surface area contributed by atoms with E-state index in [1.165, 1.54) is 4.31 Å². The average molecular weight is 404 g/mol. The van der Waals surface area contributed by atoms with Crippen molar-refractivity contribution in [2.75, 3.05) is 57.4 Å². The molecule has 4 rings (SSSR count). The van der Waals surface area contributed by atoms with E-state index in [0.717, 1.165) is 17.1 Å². The smallest absolute Gasteiger partial charge is 0.282 e. The van der Waals surface area contributed by atoms with Crippen molar-refractivity contribution in [1.29, 1.82) is 0 Å². The standard InChI is InChI=1S/C18H24N6O3S/c1-15-14-17(21-18(20-15)16-2-4-19-5-3-16)22-6-8-23(9-7-22)28(25,26)24-10-12-27-13-11-24/h2-5,14H,6-13H2,1H3. The van der Waals surface area contributed by atoms with Gasteiger partial charge < -0.3 is 9.64 Å². The van der Waals surface area contributed by atoms with Gasteiger partial charge in [-0.3, -0.25) is 4.98 Å². The fraction of sp³-hybridized carbons (Fsp3) is 0.500. The number of aromatic nitrogens is 3. The second-order valence-electron chi connectivity index (χ2n) is 6.83. The molecule has 0 saturated carbocycles.